The molecule has 1 saturated carbocycles. The Bertz CT molecular complexity index is 384. The van der Waals surface area contributed by atoms with Crippen molar-refractivity contribution in [1.29, 1.82) is 0 Å². The number of nitrogens with zero attached hydrogens (tertiary/aromatic N) is 3. The van der Waals surface area contributed by atoms with Crippen molar-refractivity contribution in [2.24, 2.45) is 0 Å². The highest BCUT2D eigenvalue weighted by Crippen LogP contribution is 2.34. The maximum absolute atomic E-state index is 4.48. The molecule has 2 unspecified atom stereocenters. The summed E-state index contributed by atoms with van der Waals surface area (Å²) in [5.74, 6) is 0. The Morgan fingerprint density at radius 1 is 1.32 bits per heavy atom. The molecule has 1 aromatic heterocycles. The maximum Gasteiger partial charge on any atom is 0.0755 e. The fraction of sp³-hybridized carbons (Fsp3) is 0.733. The van der Waals surface area contributed by atoms with Crippen LogP contribution in [0.1, 0.15) is 50.8 Å². The average molecular weight is 260 g/mol. The summed E-state index contributed by atoms with van der Waals surface area (Å²) >= 11 is 0. The van der Waals surface area contributed by atoms with Crippen LogP contribution in [0.15, 0.2) is 18.6 Å². The minimum Gasteiger partial charge on any atom is -0.313 e. The first-order valence-corrected chi connectivity index (χ1v) is 7.59. The van der Waals surface area contributed by atoms with Crippen LogP contribution in [0.3, 0.4) is 0 Å². The van der Waals surface area contributed by atoms with E-state index < -0.39 is 0 Å². The number of nitrogens with one attached hydrogen (secondary N) is 1. The molecule has 2 fully saturated rings. The summed E-state index contributed by atoms with van der Waals surface area (Å²) in [7, 11) is 0. The lowest BCUT2D eigenvalue weighted by Gasteiger charge is -2.34. The van der Waals surface area contributed by atoms with Crippen molar-refractivity contribution in [1.82, 2.24) is 20.2 Å². The van der Waals surface area contributed by atoms with Gasteiger partial charge in [-0.15, -0.1) is 0 Å². The van der Waals surface area contributed by atoms with Crippen molar-refractivity contribution in [3.63, 3.8) is 0 Å². The Balaban J connectivity index is 1.66. The van der Waals surface area contributed by atoms with E-state index in [1.807, 2.05) is 6.20 Å². The molecule has 4 nitrogen and oxygen atoms in total. The summed E-state index contributed by atoms with van der Waals surface area (Å²) in [5.41, 5.74) is 1.10. The van der Waals surface area contributed by atoms with Crippen LogP contribution in [0.4, 0.5) is 0 Å². The Labute approximate surface area is 115 Å². The van der Waals surface area contributed by atoms with E-state index in [9.17, 15) is 0 Å². The minimum atomic E-state index is 0.380. The molecule has 104 valence electrons. The van der Waals surface area contributed by atoms with Gasteiger partial charge in [0.05, 0.1) is 11.7 Å². The van der Waals surface area contributed by atoms with Gasteiger partial charge in [-0.3, -0.25) is 14.9 Å². The van der Waals surface area contributed by atoms with Crippen LogP contribution < -0.4 is 5.32 Å². The quantitative estimate of drug-likeness (QED) is 0.880. The predicted octanol–water partition coefficient (Wildman–Crippen LogP) is 2.14. The zero-order valence-corrected chi connectivity index (χ0v) is 11.8. The highest BCUT2D eigenvalue weighted by atomic mass is 15.2. The predicted molar refractivity (Wildman–Crippen MR) is 75.8 cm³/mol. The second-order valence-electron chi connectivity index (χ2n) is 5.88. The van der Waals surface area contributed by atoms with Crippen molar-refractivity contribution in [3.8, 4) is 0 Å². The second kappa shape index (κ2) is 5.97. The smallest absolute Gasteiger partial charge is 0.0755 e. The Morgan fingerprint density at radius 3 is 2.84 bits per heavy atom. The number of aromatic nitrogens is 2. The van der Waals surface area contributed by atoms with Gasteiger partial charge in [-0.2, -0.15) is 0 Å². The van der Waals surface area contributed by atoms with Crippen LogP contribution in [-0.4, -0.2) is 40.0 Å². The van der Waals surface area contributed by atoms with Gasteiger partial charge in [0.2, 0.25) is 0 Å². The molecule has 19 heavy (non-hydrogen) atoms. The van der Waals surface area contributed by atoms with Crippen LogP contribution in [0.25, 0.3) is 0 Å². The lowest BCUT2D eigenvalue weighted by Crippen LogP contribution is -2.45. The third kappa shape index (κ3) is 3.31. The summed E-state index contributed by atoms with van der Waals surface area (Å²) in [4.78, 5) is 11.3. The van der Waals surface area contributed by atoms with Gasteiger partial charge < -0.3 is 5.32 Å². The molecule has 0 radical (unpaired) electrons. The topological polar surface area (TPSA) is 41.1 Å². The molecule has 2 aliphatic rings. The van der Waals surface area contributed by atoms with Crippen molar-refractivity contribution in [2.45, 2.75) is 57.2 Å². The van der Waals surface area contributed by atoms with Gasteiger partial charge in [-0.05, 0) is 39.2 Å². The lowest BCUT2D eigenvalue weighted by atomic mass is 10.0. The van der Waals surface area contributed by atoms with Crippen LogP contribution in [-0.2, 0) is 0 Å². The van der Waals surface area contributed by atoms with E-state index in [1.54, 1.807) is 12.4 Å². The molecule has 2 heterocycles. The largest absolute Gasteiger partial charge is 0.313 e. The Kier molecular flexibility index (Phi) is 4.09. The van der Waals surface area contributed by atoms with Crippen molar-refractivity contribution < 1.29 is 0 Å². The second-order valence-corrected chi connectivity index (χ2v) is 5.88. The van der Waals surface area contributed by atoms with E-state index in [2.05, 4.69) is 27.1 Å². The lowest BCUT2D eigenvalue weighted by molar-refractivity contribution is 0.164. The zero-order valence-electron chi connectivity index (χ0n) is 11.8. The standard InChI is InChI=1S/C15H24N4/c1-12(15-10-16-8-9-18-15)19(14-5-6-14)11-13-4-2-3-7-17-13/h8-10,12-14,17H,2-7,11H2,1H3. The summed E-state index contributed by atoms with van der Waals surface area (Å²) in [6, 6.07) is 1.80. The van der Waals surface area contributed by atoms with Gasteiger partial charge in [0.25, 0.3) is 0 Å². The normalized spacial score (nSPS) is 25.5. The summed E-state index contributed by atoms with van der Waals surface area (Å²) < 4.78 is 0. The van der Waals surface area contributed by atoms with Crippen molar-refractivity contribution in [3.05, 3.63) is 24.3 Å². The van der Waals surface area contributed by atoms with E-state index in [0.717, 1.165) is 18.3 Å². The molecule has 0 aromatic carbocycles. The Morgan fingerprint density at radius 2 is 2.21 bits per heavy atom. The van der Waals surface area contributed by atoms with Gasteiger partial charge in [-0.25, -0.2) is 0 Å². The molecule has 0 bridgehead atoms. The highest BCUT2D eigenvalue weighted by Gasteiger charge is 2.34. The summed E-state index contributed by atoms with van der Waals surface area (Å²) in [6.45, 7) is 4.61. The number of hydrogen-bond acceptors (Lipinski definition) is 4. The molecule has 3 rings (SSSR count). The first-order valence-electron chi connectivity index (χ1n) is 7.59. The highest BCUT2D eigenvalue weighted by molar-refractivity contribution is 5.04. The molecule has 0 amide bonds. The molecule has 1 saturated heterocycles. The molecular formula is C15H24N4. The molecule has 1 aromatic rings. The van der Waals surface area contributed by atoms with E-state index in [-0.39, 0.29) is 0 Å². The number of hydrogen-bond donors (Lipinski definition) is 1. The average Bonchev–Trinajstić information content (AvgIpc) is 3.31. The minimum absolute atomic E-state index is 0.380. The van der Waals surface area contributed by atoms with Gasteiger partial charge in [0.15, 0.2) is 0 Å². The molecular weight excluding hydrogens is 236 g/mol. The number of rotatable bonds is 5. The van der Waals surface area contributed by atoms with Crippen LogP contribution in [0.2, 0.25) is 0 Å². The van der Waals surface area contributed by atoms with Crippen LogP contribution in [0.5, 0.6) is 0 Å². The van der Waals surface area contributed by atoms with Gasteiger partial charge in [0.1, 0.15) is 0 Å². The van der Waals surface area contributed by atoms with Crippen molar-refractivity contribution in [2.75, 3.05) is 13.1 Å². The maximum atomic E-state index is 4.48. The fourth-order valence-electron chi connectivity index (χ4n) is 3.06. The zero-order chi connectivity index (χ0) is 13.1. The molecule has 1 aliphatic heterocycles. The molecule has 1 N–H and O–H groups in total. The van der Waals surface area contributed by atoms with E-state index in [0.29, 0.717) is 12.1 Å². The monoisotopic (exact) mass is 260 g/mol. The van der Waals surface area contributed by atoms with Crippen LogP contribution >= 0.6 is 0 Å². The van der Waals surface area contributed by atoms with Crippen LogP contribution in [0, 0.1) is 0 Å². The molecule has 4 heteroatoms. The Hall–Kier alpha value is -1.00. The first kappa shape index (κ1) is 13.0. The van der Waals surface area contributed by atoms with Gasteiger partial charge >= 0.3 is 0 Å². The van der Waals surface area contributed by atoms with E-state index in [1.165, 1.54) is 38.6 Å². The summed E-state index contributed by atoms with van der Waals surface area (Å²) in [6.07, 6.45) is 12.2. The summed E-state index contributed by atoms with van der Waals surface area (Å²) in [5, 5.41) is 3.66. The van der Waals surface area contributed by atoms with Gasteiger partial charge in [-0.1, -0.05) is 6.42 Å². The SMILES string of the molecule is CC(c1cnccn1)N(CC1CCCCN1)C1CC1. The van der Waals surface area contributed by atoms with Crippen molar-refractivity contribution >= 4 is 0 Å². The number of piperidine rings is 1. The molecule has 1 aliphatic carbocycles. The first-order chi connectivity index (χ1) is 9.34. The van der Waals surface area contributed by atoms with Gasteiger partial charge in [0, 0.05) is 37.2 Å². The fourth-order valence-corrected chi connectivity index (χ4v) is 3.06. The third-order valence-corrected chi connectivity index (χ3v) is 4.37. The molecule has 0 spiro atoms. The third-order valence-electron chi connectivity index (χ3n) is 4.37. The van der Waals surface area contributed by atoms with E-state index in [4.69, 9.17) is 0 Å². The molecule has 2 atom stereocenters. The van der Waals surface area contributed by atoms with E-state index >= 15 is 0 Å².